The summed E-state index contributed by atoms with van der Waals surface area (Å²) in [6.45, 7) is 4.47. The molecule has 1 heterocycles. The first kappa shape index (κ1) is 43.9. The lowest BCUT2D eigenvalue weighted by Crippen LogP contribution is -2.70. The fourth-order valence-electron chi connectivity index (χ4n) is 9.73. The third-order valence-electron chi connectivity index (χ3n) is 12.2. The number of nitrogens with zero attached hydrogens (tertiary/aromatic N) is 2. The average molecular weight is 851 g/mol. The number of rotatable bonds is 20. The maximum atomic E-state index is 14.6. The van der Waals surface area contributed by atoms with Crippen molar-refractivity contribution in [1.82, 2.24) is 4.90 Å². The number of halogens is 1. The van der Waals surface area contributed by atoms with Gasteiger partial charge in [0.2, 0.25) is 5.79 Å². The molecule has 3 aliphatic rings. The topological polar surface area (TPSA) is 136 Å². The Hall–Kier alpha value is -5.20. The van der Waals surface area contributed by atoms with Gasteiger partial charge in [-0.3, -0.25) is 9.69 Å². The van der Waals surface area contributed by atoms with Gasteiger partial charge >= 0.3 is 6.09 Å². The number of ether oxygens (including phenoxy) is 4. The highest BCUT2D eigenvalue weighted by Crippen LogP contribution is 2.62. The molecule has 1 saturated carbocycles. The summed E-state index contributed by atoms with van der Waals surface area (Å²) in [5.41, 5.74) is 3.89. The Kier molecular flexibility index (Phi) is 14.8. The number of amides is 1. The van der Waals surface area contributed by atoms with Gasteiger partial charge in [0.15, 0.2) is 0 Å². The Morgan fingerprint density at radius 1 is 0.984 bits per heavy atom. The predicted molar refractivity (Wildman–Crippen MR) is 235 cm³/mol. The zero-order valence-corrected chi connectivity index (χ0v) is 35.4. The van der Waals surface area contributed by atoms with Crippen molar-refractivity contribution in [2.45, 2.75) is 69.2 Å². The molecule has 0 saturated heterocycles. The second-order valence-electron chi connectivity index (χ2n) is 15.8. The molecule has 11 nitrogen and oxygen atoms in total. The van der Waals surface area contributed by atoms with Crippen LogP contribution < -0.4 is 9.47 Å². The summed E-state index contributed by atoms with van der Waals surface area (Å²) in [5.74, 6) is -0.429. The molecule has 0 radical (unpaired) electrons. The Balaban J connectivity index is 1.45. The molecule has 0 spiro atoms. The predicted octanol–water partition coefficient (Wildman–Crippen LogP) is 9.59. The van der Waals surface area contributed by atoms with Crippen LogP contribution in [0.3, 0.4) is 0 Å². The molecule has 4 aromatic carbocycles. The molecule has 1 aliphatic heterocycles. The number of oxime groups is 1. The van der Waals surface area contributed by atoms with Gasteiger partial charge in [0.05, 0.1) is 30.7 Å². The molecule has 322 valence electrons. The highest BCUT2D eigenvalue weighted by Gasteiger charge is 2.65. The molecule has 2 aliphatic carbocycles. The molecule has 12 heteroatoms. The van der Waals surface area contributed by atoms with Crippen LogP contribution in [0.25, 0.3) is 10.8 Å². The number of hydrogen-bond acceptors (Lipinski definition) is 10. The number of hydrogen-bond donors (Lipinski definition) is 2. The van der Waals surface area contributed by atoms with Crippen LogP contribution in [0.5, 0.6) is 17.2 Å². The van der Waals surface area contributed by atoms with Crippen molar-refractivity contribution in [2.75, 3.05) is 39.4 Å². The number of benzene rings is 4. The van der Waals surface area contributed by atoms with E-state index in [0.717, 1.165) is 59.4 Å². The van der Waals surface area contributed by atoms with E-state index in [1.54, 1.807) is 35.2 Å². The van der Waals surface area contributed by atoms with Crippen LogP contribution in [0.15, 0.2) is 114 Å². The number of aliphatic hydroxyl groups excluding tert-OH is 2. The van der Waals surface area contributed by atoms with Gasteiger partial charge in [-0.2, -0.15) is 0 Å². The molecule has 6 atom stereocenters. The number of carbonyl (C=O) groups excluding carboxylic acids is 2. The van der Waals surface area contributed by atoms with Gasteiger partial charge in [0.25, 0.3) is 0 Å². The number of aliphatic hydroxyl groups is 2. The van der Waals surface area contributed by atoms with E-state index in [9.17, 15) is 19.8 Å². The number of fused-ring (bicyclic) bond motifs is 3. The number of carbonyl (C=O) groups is 2. The highest BCUT2D eigenvalue weighted by molar-refractivity contribution is 6.18. The van der Waals surface area contributed by atoms with Gasteiger partial charge in [-0.05, 0) is 89.8 Å². The van der Waals surface area contributed by atoms with Crippen molar-refractivity contribution in [3.63, 3.8) is 0 Å². The third-order valence-corrected chi connectivity index (χ3v) is 12.4. The fraction of sp³-hybridized carbons (Fsp3) is 0.408. The molecule has 0 bridgehead atoms. The van der Waals surface area contributed by atoms with Crippen molar-refractivity contribution < 1.29 is 43.6 Å². The Labute approximate surface area is 362 Å². The summed E-state index contributed by atoms with van der Waals surface area (Å²) in [5, 5.41) is 26.5. The number of alkyl halides is 1. The van der Waals surface area contributed by atoms with Gasteiger partial charge in [0, 0.05) is 36.7 Å². The largest absolute Gasteiger partial charge is 0.459 e. The van der Waals surface area contributed by atoms with Gasteiger partial charge < -0.3 is 34.0 Å². The lowest BCUT2D eigenvalue weighted by Gasteiger charge is -2.59. The van der Waals surface area contributed by atoms with E-state index in [1.165, 1.54) is 7.11 Å². The minimum Gasteiger partial charge on any atom is -0.459 e. The maximum absolute atomic E-state index is 14.6. The Morgan fingerprint density at radius 2 is 1.75 bits per heavy atom. The summed E-state index contributed by atoms with van der Waals surface area (Å²) in [7, 11) is 1.52. The fourth-order valence-corrected chi connectivity index (χ4v) is 9.81. The first-order valence-electron chi connectivity index (χ1n) is 21.2. The standard InChI is InChI=1S/C49H55ClN2O9/c1-3-25-59-49-45(52(48(56)58-26-22-50)31-36-16-11-15-34-13-4-5-18-39(34)36)30-43(51-57-2)41-28-35(14-6-8-23-53)40(19-7-9-24-54)46(47(41)49)42-29-38(20-21-44(42)61-49)60-37-17-10-12-33(27-37)32-55/h3-5,10-13,15-18,20-21,27-29,32,35,40,45-47,53-54H,1,6-9,14,19,22-26,30-31H2,2H3. The smallest absolute Gasteiger partial charge is 0.410 e. The number of aldehydes is 1. The molecule has 6 unspecified atom stereocenters. The van der Waals surface area contributed by atoms with Crippen molar-refractivity contribution in [1.29, 1.82) is 0 Å². The van der Waals surface area contributed by atoms with Crippen LogP contribution in [-0.2, 0) is 20.9 Å². The van der Waals surface area contributed by atoms with E-state index in [-0.39, 0.29) is 63.0 Å². The van der Waals surface area contributed by atoms with Crippen molar-refractivity contribution >= 4 is 40.5 Å². The summed E-state index contributed by atoms with van der Waals surface area (Å²) < 4.78 is 26.7. The first-order valence-corrected chi connectivity index (χ1v) is 21.7. The first-order chi connectivity index (χ1) is 29.9. The maximum Gasteiger partial charge on any atom is 0.410 e. The molecule has 61 heavy (non-hydrogen) atoms. The summed E-state index contributed by atoms with van der Waals surface area (Å²) in [6, 6.07) is 26.0. The molecule has 1 fully saturated rings. The van der Waals surface area contributed by atoms with Gasteiger partial charge in [-0.25, -0.2) is 4.79 Å². The van der Waals surface area contributed by atoms with Crippen LogP contribution in [-0.4, -0.2) is 84.5 Å². The molecule has 4 aromatic rings. The van der Waals surface area contributed by atoms with Crippen molar-refractivity contribution in [2.24, 2.45) is 22.9 Å². The van der Waals surface area contributed by atoms with E-state index in [0.29, 0.717) is 41.4 Å². The molecular formula is C49H55ClN2O9. The van der Waals surface area contributed by atoms with E-state index in [2.05, 4.69) is 17.8 Å². The quantitative estimate of drug-likeness (QED) is 0.0293. The molecule has 1 amide bonds. The zero-order valence-electron chi connectivity index (χ0n) is 34.6. The van der Waals surface area contributed by atoms with E-state index in [4.69, 9.17) is 35.4 Å². The Morgan fingerprint density at radius 3 is 2.52 bits per heavy atom. The molecule has 2 N–H and O–H groups in total. The number of unbranched alkanes of at least 4 members (excludes halogenated alkanes) is 2. The average Bonchev–Trinajstić information content (AvgIpc) is 3.28. The minimum absolute atomic E-state index is 0.000555. The lowest BCUT2D eigenvalue weighted by atomic mass is 9.55. The normalized spacial score (nSPS) is 23.2. The second-order valence-corrected chi connectivity index (χ2v) is 16.2. The molecule has 0 aromatic heterocycles. The Bertz CT molecular complexity index is 2220. The van der Waals surface area contributed by atoms with Crippen LogP contribution in [0.1, 0.15) is 72.3 Å². The van der Waals surface area contributed by atoms with Crippen LogP contribution in [0.2, 0.25) is 0 Å². The van der Waals surface area contributed by atoms with Crippen molar-refractivity contribution in [3.05, 3.63) is 126 Å². The van der Waals surface area contributed by atoms with Crippen LogP contribution >= 0.6 is 11.6 Å². The summed E-state index contributed by atoms with van der Waals surface area (Å²) >= 11 is 6.12. The minimum atomic E-state index is -1.49. The third kappa shape index (κ3) is 9.35. The van der Waals surface area contributed by atoms with Gasteiger partial charge in [0.1, 0.15) is 43.3 Å². The lowest BCUT2D eigenvalue weighted by molar-refractivity contribution is -0.256. The molecule has 7 rings (SSSR count). The van der Waals surface area contributed by atoms with Gasteiger partial charge in [-0.1, -0.05) is 84.7 Å². The van der Waals surface area contributed by atoms with E-state index in [1.807, 2.05) is 60.7 Å². The SMILES string of the molecule is C=CCOC12Oc3ccc(Oc4cccc(C=O)c4)cc3C3C(CCCCO)C(CCCCO)C=C(C(=NOC)CC1N(Cc1cccc4ccccc14)C(=O)OCCCl)C32. The number of allylic oxidation sites excluding steroid dienone is 1. The van der Waals surface area contributed by atoms with E-state index >= 15 is 0 Å². The highest BCUT2D eigenvalue weighted by atomic mass is 35.5. The van der Waals surface area contributed by atoms with Crippen LogP contribution in [0.4, 0.5) is 4.79 Å². The zero-order chi connectivity index (χ0) is 42.8. The summed E-state index contributed by atoms with van der Waals surface area (Å²) in [4.78, 5) is 33.6. The van der Waals surface area contributed by atoms with Gasteiger partial charge in [-0.15, -0.1) is 18.2 Å². The molecular weight excluding hydrogens is 796 g/mol. The second kappa shape index (κ2) is 20.6. The van der Waals surface area contributed by atoms with Crippen LogP contribution in [0, 0.1) is 17.8 Å². The monoisotopic (exact) mass is 850 g/mol. The summed E-state index contributed by atoms with van der Waals surface area (Å²) in [6.07, 6.45) is 8.87. The van der Waals surface area contributed by atoms with E-state index < -0.39 is 23.8 Å². The van der Waals surface area contributed by atoms with Crippen molar-refractivity contribution in [3.8, 4) is 17.2 Å².